The first-order chi connectivity index (χ1) is 7.76. The molecule has 1 aliphatic rings. The molecule has 0 amide bonds. The first-order valence-electron chi connectivity index (χ1n) is 4.98. The molecule has 0 N–H and O–H groups in total. The number of carbonyl (C=O) groups is 1. The van der Waals surface area contributed by atoms with Crippen LogP contribution in [0.15, 0.2) is 18.2 Å². The highest BCUT2D eigenvalue weighted by molar-refractivity contribution is 5.80. The van der Waals surface area contributed by atoms with Crippen LogP contribution in [0.4, 0.5) is 5.69 Å². The van der Waals surface area contributed by atoms with E-state index in [2.05, 4.69) is 4.85 Å². The standard InChI is InChI=1S/C12H11NO3/c1-13-8-3-4-11-10(7-8)9(5-6-16-11)12(14)15-2/h3-4,7,9H,5-6H2,2H3. The molecule has 0 radical (unpaired) electrons. The Morgan fingerprint density at radius 2 is 2.44 bits per heavy atom. The van der Waals surface area contributed by atoms with Crippen LogP contribution in [0.2, 0.25) is 0 Å². The van der Waals surface area contributed by atoms with Crippen molar-refractivity contribution in [1.82, 2.24) is 0 Å². The third-order valence-electron chi connectivity index (χ3n) is 2.65. The van der Waals surface area contributed by atoms with Crippen LogP contribution in [0.3, 0.4) is 0 Å². The van der Waals surface area contributed by atoms with E-state index in [4.69, 9.17) is 16.0 Å². The maximum Gasteiger partial charge on any atom is 0.313 e. The summed E-state index contributed by atoms with van der Waals surface area (Å²) in [6.07, 6.45) is 0.598. The molecular formula is C12H11NO3. The topological polar surface area (TPSA) is 39.9 Å². The van der Waals surface area contributed by atoms with E-state index < -0.39 is 0 Å². The second kappa shape index (κ2) is 4.23. The molecule has 0 fully saturated rings. The summed E-state index contributed by atoms with van der Waals surface area (Å²) in [6.45, 7) is 7.45. The van der Waals surface area contributed by atoms with Crippen molar-refractivity contribution < 1.29 is 14.3 Å². The van der Waals surface area contributed by atoms with Crippen LogP contribution in [-0.4, -0.2) is 19.7 Å². The lowest BCUT2D eigenvalue weighted by molar-refractivity contribution is -0.143. The maximum atomic E-state index is 11.6. The third-order valence-corrected chi connectivity index (χ3v) is 2.65. The van der Waals surface area contributed by atoms with Crippen LogP contribution in [0, 0.1) is 6.57 Å². The quantitative estimate of drug-likeness (QED) is 0.535. The van der Waals surface area contributed by atoms with Crippen molar-refractivity contribution in [2.75, 3.05) is 13.7 Å². The van der Waals surface area contributed by atoms with Gasteiger partial charge in [0.15, 0.2) is 5.69 Å². The Kier molecular flexibility index (Phi) is 2.78. The molecule has 4 heteroatoms. The van der Waals surface area contributed by atoms with Gasteiger partial charge in [-0.25, -0.2) is 4.85 Å². The molecule has 16 heavy (non-hydrogen) atoms. The van der Waals surface area contributed by atoms with Gasteiger partial charge in [-0.1, -0.05) is 6.07 Å². The van der Waals surface area contributed by atoms with E-state index in [1.165, 1.54) is 7.11 Å². The Morgan fingerprint density at radius 3 is 3.12 bits per heavy atom. The molecule has 1 aromatic carbocycles. The molecule has 0 spiro atoms. The summed E-state index contributed by atoms with van der Waals surface area (Å²) < 4.78 is 10.2. The lowest BCUT2D eigenvalue weighted by atomic mass is 9.93. The summed E-state index contributed by atoms with van der Waals surface area (Å²) in [4.78, 5) is 14.9. The number of fused-ring (bicyclic) bond motifs is 1. The van der Waals surface area contributed by atoms with Gasteiger partial charge in [0, 0.05) is 0 Å². The Hall–Kier alpha value is -2.02. The zero-order valence-corrected chi connectivity index (χ0v) is 8.90. The predicted molar refractivity (Wildman–Crippen MR) is 57.6 cm³/mol. The summed E-state index contributed by atoms with van der Waals surface area (Å²) in [6, 6.07) is 5.12. The SMILES string of the molecule is [C-]#[N+]c1ccc2c(c1)C(C(=O)OC)CCO2. The van der Waals surface area contributed by atoms with Gasteiger partial charge in [-0.15, -0.1) is 0 Å². The van der Waals surface area contributed by atoms with Gasteiger partial charge < -0.3 is 9.47 Å². The van der Waals surface area contributed by atoms with Crippen LogP contribution in [0.1, 0.15) is 17.9 Å². The molecule has 0 bridgehead atoms. The van der Waals surface area contributed by atoms with Crippen LogP contribution in [-0.2, 0) is 9.53 Å². The van der Waals surface area contributed by atoms with Crippen LogP contribution in [0.25, 0.3) is 4.85 Å². The number of carbonyl (C=O) groups excluding carboxylic acids is 1. The number of nitrogens with zero attached hydrogens (tertiary/aromatic N) is 1. The highest BCUT2D eigenvalue weighted by atomic mass is 16.5. The molecule has 82 valence electrons. The minimum atomic E-state index is -0.310. The highest BCUT2D eigenvalue weighted by Crippen LogP contribution is 2.36. The average molecular weight is 217 g/mol. The molecule has 1 aliphatic heterocycles. The molecule has 0 saturated heterocycles. The summed E-state index contributed by atoms with van der Waals surface area (Å²) >= 11 is 0. The molecule has 1 atom stereocenters. The molecule has 0 aliphatic carbocycles. The number of ether oxygens (including phenoxy) is 2. The van der Waals surface area contributed by atoms with Gasteiger partial charge in [-0.2, -0.15) is 0 Å². The van der Waals surface area contributed by atoms with Gasteiger partial charge in [0.2, 0.25) is 0 Å². The second-order valence-corrected chi connectivity index (χ2v) is 3.55. The number of methoxy groups -OCH3 is 1. The fourth-order valence-electron chi connectivity index (χ4n) is 1.84. The Morgan fingerprint density at radius 1 is 1.62 bits per heavy atom. The first-order valence-corrected chi connectivity index (χ1v) is 4.98. The maximum absolute atomic E-state index is 11.6. The van der Waals surface area contributed by atoms with Crippen molar-refractivity contribution in [2.45, 2.75) is 12.3 Å². The van der Waals surface area contributed by atoms with E-state index in [1.807, 2.05) is 0 Å². The third kappa shape index (κ3) is 1.72. The number of esters is 1. The monoisotopic (exact) mass is 217 g/mol. The fraction of sp³-hybridized carbons (Fsp3) is 0.333. The molecular weight excluding hydrogens is 206 g/mol. The van der Waals surface area contributed by atoms with E-state index in [-0.39, 0.29) is 11.9 Å². The van der Waals surface area contributed by atoms with E-state index in [1.54, 1.807) is 18.2 Å². The van der Waals surface area contributed by atoms with Crippen LogP contribution >= 0.6 is 0 Å². The lowest BCUT2D eigenvalue weighted by Crippen LogP contribution is -2.22. The zero-order valence-electron chi connectivity index (χ0n) is 8.90. The Labute approximate surface area is 93.6 Å². The molecule has 2 rings (SSSR count). The van der Waals surface area contributed by atoms with E-state index in [9.17, 15) is 4.79 Å². The summed E-state index contributed by atoms with van der Waals surface area (Å²) in [5, 5.41) is 0. The van der Waals surface area contributed by atoms with Crippen molar-refractivity contribution in [3.8, 4) is 5.75 Å². The summed E-state index contributed by atoms with van der Waals surface area (Å²) in [7, 11) is 1.37. The van der Waals surface area contributed by atoms with Crippen LogP contribution in [0.5, 0.6) is 5.75 Å². The summed E-state index contributed by atoms with van der Waals surface area (Å²) in [5.74, 6) is 0.0937. The van der Waals surface area contributed by atoms with E-state index in [0.717, 1.165) is 5.56 Å². The number of benzene rings is 1. The lowest BCUT2D eigenvalue weighted by Gasteiger charge is -2.24. The van der Waals surface area contributed by atoms with E-state index in [0.29, 0.717) is 24.5 Å². The second-order valence-electron chi connectivity index (χ2n) is 3.55. The highest BCUT2D eigenvalue weighted by Gasteiger charge is 2.28. The van der Waals surface area contributed by atoms with Gasteiger partial charge >= 0.3 is 5.97 Å². The first kappa shape index (κ1) is 10.5. The molecule has 1 unspecified atom stereocenters. The van der Waals surface area contributed by atoms with Gasteiger partial charge in [0.05, 0.1) is 26.2 Å². The largest absolute Gasteiger partial charge is 0.493 e. The van der Waals surface area contributed by atoms with Crippen molar-refractivity contribution >= 4 is 11.7 Å². The average Bonchev–Trinajstić information content (AvgIpc) is 2.36. The van der Waals surface area contributed by atoms with Crippen molar-refractivity contribution in [3.63, 3.8) is 0 Å². The molecule has 1 aromatic rings. The van der Waals surface area contributed by atoms with Crippen LogP contribution < -0.4 is 4.74 Å². The zero-order chi connectivity index (χ0) is 11.5. The molecule has 0 saturated carbocycles. The van der Waals surface area contributed by atoms with Gasteiger partial charge in [0.1, 0.15) is 5.75 Å². The normalized spacial score (nSPS) is 17.9. The predicted octanol–water partition coefficient (Wildman–Crippen LogP) is 2.28. The minimum Gasteiger partial charge on any atom is -0.493 e. The molecule has 0 aromatic heterocycles. The molecule has 4 nitrogen and oxygen atoms in total. The number of hydrogen-bond acceptors (Lipinski definition) is 3. The Bertz CT molecular complexity index is 462. The molecule has 1 heterocycles. The van der Waals surface area contributed by atoms with E-state index >= 15 is 0 Å². The number of hydrogen-bond donors (Lipinski definition) is 0. The Balaban J connectivity index is 2.44. The minimum absolute atomic E-state index is 0.272. The smallest absolute Gasteiger partial charge is 0.313 e. The van der Waals surface area contributed by atoms with Gasteiger partial charge in [0.25, 0.3) is 0 Å². The van der Waals surface area contributed by atoms with Crippen molar-refractivity contribution in [2.24, 2.45) is 0 Å². The van der Waals surface area contributed by atoms with Gasteiger partial charge in [-0.3, -0.25) is 4.79 Å². The fourth-order valence-corrected chi connectivity index (χ4v) is 1.84. The van der Waals surface area contributed by atoms with Crippen molar-refractivity contribution in [3.05, 3.63) is 35.2 Å². The van der Waals surface area contributed by atoms with Crippen molar-refractivity contribution in [1.29, 1.82) is 0 Å². The summed E-state index contributed by atoms with van der Waals surface area (Å²) in [5.41, 5.74) is 1.27. The number of rotatable bonds is 1. The van der Waals surface area contributed by atoms with Gasteiger partial charge in [-0.05, 0) is 24.1 Å².